The average Bonchev–Trinajstić information content (AvgIpc) is 3.29. The van der Waals surface area contributed by atoms with Crippen molar-refractivity contribution in [3.05, 3.63) is 63.6 Å². The third-order valence-electron chi connectivity index (χ3n) is 10.6. The van der Waals surface area contributed by atoms with Crippen molar-refractivity contribution >= 4 is 82.9 Å². The van der Waals surface area contributed by atoms with Crippen molar-refractivity contribution in [2.75, 3.05) is 40.6 Å². The quantitative estimate of drug-likeness (QED) is 0.0569. The largest absolute Gasteiger partial charge is 0.500 e. The smallest absolute Gasteiger partial charge is 0.454 e. The zero-order chi connectivity index (χ0) is 55.2. The number of halogens is 2. The molecule has 2 aromatic carbocycles. The SMILES string of the molecule is CCC(C#N)[Si](C)(O[Si](C)(C)C)C(C#N)CC.CCO[Si](CCCCN)(OCC)OCC.CO[Si](CCCC#N)(CCCC#N)OC.C[Si](C)(C)C#Cc1ccc(Br)cc1.C[Si](C)(C)c1ccc(Cl)cc1. The Morgan fingerprint density at radius 3 is 1.37 bits per heavy atom. The molecule has 71 heavy (non-hydrogen) atoms. The highest BCUT2D eigenvalue weighted by Crippen LogP contribution is 2.39. The van der Waals surface area contributed by atoms with Gasteiger partial charge in [0.25, 0.3) is 0 Å². The number of rotatable bonds is 25. The van der Waals surface area contributed by atoms with E-state index in [4.69, 9.17) is 54.1 Å². The van der Waals surface area contributed by atoms with Gasteiger partial charge >= 0.3 is 17.4 Å². The molecule has 0 amide bonds. The maximum Gasteiger partial charge on any atom is 0.500 e. The van der Waals surface area contributed by atoms with Gasteiger partial charge in [0.2, 0.25) is 8.32 Å². The molecule has 0 aliphatic heterocycles. The lowest BCUT2D eigenvalue weighted by Gasteiger charge is -2.39. The molecule has 2 unspecified atom stereocenters. The Kier molecular flexibility index (Phi) is 41.2. The summed E-state index contributed by atoms with van der Waals surface area (Å²) in [7, 11) is -7.56. The highest BCUT2D eigenvalue weighted by Gasteiger charge is 2.47. The van der Waals surface area contributed by atoms with Crippen LogP contribution in [0.1, 0.15) is 91.5 Å². The van der Waals surface area contributed by atoms with Crippen LogP contribution in [0.2, 0.25) is 99.7 Å². The van der Waals surface area contributed by atoms with E-state index in [2.05, 4.69) is 129 Å². The molecule has 0 radical (unpaired) electrons. The summed E-state index contributed by atoms with van der Waals surface area (Å²) in [6.45, 7) is 34.8. The van der Waals surface area contributed by atoms with Crippen molar-refractivity contribution < 1.29 is 26.2 Å². The van der Waals surface area contributed by atoms with Gasteiger partial charge < -0.3 is 32.0 Å². The molecule has 0 aliphatic rings. The molecule has 0 saturated carbocycles. The van der Waals surface area contributed by atoms with E-state index in [-0.39, 0.29) is 11.1 Å². The molecule has 0 spiro atoms. The Morgan fingerprint density at radius 2 is 1.06 bits per heavy atom. The fourth-order valence-corrected chi connectivity index (χ4v) is 23.5. The minimum Gasteiger partial charge on any atom is -0.454 e. The summed E-state index contributed by atoms with van der Waals surface area (Å²) in [6, 6.07) is 27.8. The standard InChI is InChI=1S/C12H24N2OSi2.C11H13BrSi.C10H18N2O2Si.C10H25NO3Si.C9H13ClSi/c1-7-11(9-13)17(6,12(8-2)10-14)15-16(3,4)5;1-13(2,3)9-8-10-4-6-11(12)7-5-10;1-13-15(14-2,9-5-3-7-11)10-6-4-8-12;1-4-12-15(13-5-2,14-6-3)10-8-7-9-11;1-11(2,3)9-6-4-8(10)5-7-9/h11-12H,7-8H2,1-6H3;4-7H,1-3H3;3-6,9-10H2,1-2H3;4-11H2,1-3H3;4-7H,1-3H3. The van der Waals surface area contributed by atoms with Crippen LogP contribution in [-0.4, -0.2) is 90.7 Å². The molecular weight excluding hydrogens is 1070 g/mol. The predicted octanol–water partition coefficient (Wildman–Crippen LogP) is 14.7. The number of hydrogen-bond acceptors (Lipinski definition) is 11. The van der Waals surface area contributed by atoms with E-state index in [0.29, 0.717) is 32.7 Å². The van der Waals surface area contributed by atoms with Crippen LogP contribution in [0, 0.1) is 56.8 Å². The molecule has 400 valence electrons. The molecule has 2 N–H and O–H groups in total. The highest BCUT2D eigenvalue weighted by molar-refractivity contribution is 9.10. The topological polar surface area (TPSA) is 177 Å². The number of benzene rings is 2. The van der Waals surface area contributed by atoms with Gasteiger partial charge in [0, 0.05) is 68.0 Å². The molecular formula is C52H93BrClN5O6Si6. The molecule has 0 fully saturated rings. The Hall–Kier alpha value is -2.25. The number of nitrogens with zero attached hydrogens (tertiary/aromatic N) is 4. The lowest BCUT2D eigenvalue weighted by atomic mass is 10.2. The summed E-state index contributed by atoms with van der Waals surface area (Å²) < 4.78 is 35.5. The van der Waals surface area contributed by atoms with Crippen LogP contribution in [-0.2, 0) is 26.2 Å². The highest BCUT2D eigenvalue weighted by atomic mass is 79.9. The molecule has 11 nitrogen and oxygen atoms in total. The van der Waals surface area contributed by atoms with E-state index in [9.17, 15) is 10.5 Å². The van der Waals surface area contributed by atoms with Gasteiger partial charge in [0.05, 0.1) is 43.4 Å². The summed E-state index contributed by atoms with van der Waals surface area (Å²) in [5.41, 5.74) is 9.74. The number of nitrogens with two attached hydrogens (primary N) is 1. The van der Waals surface area contributed by atoms with Gasteiger partial charge in [-0.25, -0.2) is 0 Å². The van der Waals surface area contributed by atoms with Gasteiger partial charge in [-0.15, -0.1) is 5.54 Å². The Balaban J connectivity index is -0.000000819. The van der Waals surface area contributed by atoms with Gasteiger partial charge in [-0.1, -0.05) is 104 Å². The van der Waals surface area contributed by atoms with Crippen molar-refractivity contribution in [2.24, 2.45) is 5.73 Å². The average molecular weight is 1170 g/mol. The first-order valence-electron chi connectivity index (χ1n) is 25.2. The first-order valence-corrected chi connectivity index (χ1v) is 43.5. The molecule has 19 heteroatoms. The lowest BCUT2D eigenvalue weighted by Crippen LogP contribution is -2.51. The predicted molar refractivity (Wildman–Crippen MR) is 317 cm³/mol. The zero-order valence-corrected chi connectivity index (χ0v) is 55.3. The molecule has 2 rings (SSSR count). The molecule has 0 heterocycles. The third kappa shape index (κ3) is 34.8. The fraction of sp³-hybridized carbons (Fsp3) is 0.654. The summed E-state index contributed by atoms with van der Waals surface area (Å²) in [5.74, 6) is 3.20. The number of unbranched alkanes of at least 4 members (excludes halogenated alkanes) is 3. The van der Waals surface area contributed by atoms with Crippen LogP contribution in [0.4, 0.5) is 0 Å². The molecule has 0 aliphatic carbocycles. The number of hydrogen-bond donors (Lipinski definition) is 1. The van der Waals surface area contributed by atoms with Gasteiger partial charge in [-0.3, -0.25) is 0 Å². The minimum atomic E-state index is -2.39. The summed E-state index contributed by atoms with van der Waals surface area (Å²) in [6.07, 6.45) is 6.29. The number of nitriles is 4. The molecule has 0 aromatic heterocycles. The second-order valence-electron chi connectivity index (χ2n) is 19.9. The molecule has 0 saturated heterocycles. The summed E-state index contributed by atoms with van der Waals surface area (Å²) in [5, 5.41) is 37.8. The maximum absolute atomic E-state index is 9.31. The molecule has 2 aromatic rings. The van der Waals surface area contributed by atoms with E-state index in [1.54, 1.807) is 14.2 Å². The Morgan fingerprint density at radius 1 is 0.620 bits per heavy atom. The van der Waals surface area contributed by atoms with Crippen molar-refractivity contribution in [3.8, 4) is 35.7 Å². The van der Waals surface area contributed by atoms with Crippen LogP contribution < -0.4 is 10.9 Å². The normalized spacial score (nSPS) is 13.0. The summed E-state index contributed by atoms with van der Waals surface area (Å²) in [4.78, 5) is 0. The third-order valence-corrected chi connectivity index (χ3v) is 29.3. The van der Waals surface area contributed by atoms with Crippen LogP contribution >= 0.6 is 27.5 Å². The van der Waals surface area contributed by atoms with Gasteiger partial charge in [0.15, 0.2) is 8.32 Å². The Labute approximate surface area is 453 Å². The molecule has 0 bridgehead atoms. The van der Waals surface area contributed by atoms with Gasteiger partial charge in [0.1, 0.15) is 8.07 Å². The van der Waals surface area contributed by atoms with Crippen LogP contribution in [0.15, 0.2) is 53.0 Å². The van der Waals surface area contributed by atoms with E-state index in [0.717, 1.165) is 78.3 Å². The monoisotopic (exact) mass is 1170 g/mol. The van der Waals surface area contributed by atoms with Crippen molar-refractivity contribution in [1.82, 2.24) is 0 Å². The van der Waals surface area contributed by atoms with E-state index in [1.807, 2.05) is 71.0 Å². The minimum absolute atomic E-state index is 0.0844. The van der Waals surface area contributed by atoms with Crippen molar-refractivity contribution in [2.45, 2.75) is 181 Å². The first-order chi connectivity index (χ1) is 33.2. The fourth-order valence-electron chi connectivity index (χ4n) is 7.01. The second kappa shape index (κ2) is 40.1. The molecule has 2 atom stereocenters. The Bertz CT molecular complexity index is 1870. The van der Waals surface area contributed by atoms with Gasteiger partial charge in [-0.2, -0.15) is 21.0 Å². The van der Waals surface area contributed by atoms with Gasteiger partial charge in [-0.05, 0) is 141 Å². The summed E-state index contributed by atoms with van der Waals surface area (Å²) >= 11 is 9.17. The van der Waals surface area contributed by atoms with E-state index in [1.165, 1.54) is 5.19 Å². The van der Waals surface area contributed by atoms with E-state index < -0.39 is 50.1 Å². The van der Waals surface area contributed by atoms with Crippen LogP contribution in [0.3, 0.4) is 0 Å². The zero-order valence-electron chi connectivity index (χ0n) is 47.0. The second-order valence-corrected chi connectivity index (χ2v) is 46.3. The van der Waals surface area contributed by atoms with Crippen LogP contribution in [0.5, 0.6) is 0 Å². The van der Waals surface area contributed by atoms with Crippen LogP contribution in [0.25, 0.3) is 0 Å². The lowest BCUT2D eigenvalue weighted by molar-refractivity contribution is 0.0707. The van der Waals surface area contributed by atoms with Crippen molar-refractivity contribution in [3.63, 3.8) is 0 Å². The maximum atomic E-state index is 9.31. The van der Waals surface area contributed by atoms with E-state index >= 15 is 0 Å². The first kappa shape index (κ1) is 73.0. The van der Waals surface area contributed by atoms with Crippen molar-refractivity contribution in [1.29, 1.82) is 21.0 Å².